The molecule has 5 rings (SSSR count). The predicted molar refractivity (Wildman–Crippen MR) is 109 cm³/mol. The molecular formula is C23H17N3O. The zero-order valence-corrected chi connectivity index (χ0v) is 14.8. The second kappa shape index (κ2) is 6.25. The lowest BCUT2D eigenvalue weighted by molar-refractivity contribution is 0.667. The molecule has 2 aromatic heterocycles. The number of benzene rings is 3. The van der Waals surface area contributed by atoms with Gasteiger partial charge in [-0.25, -0.2) is 9.97 Å². The van der Waals surface area contributed by atoms with Crippen molar-refractivity contribution in [2.45, 2.75) is 6.92 Å². The number of aromatic nitrogens is 2. The van der Waals surface area contributed by atoms with E-state index in [1.54, 1.807) is 0 Å². The van der Waals surface area contributed by atoms with Crippen LogP contribution in [0.2, 0.25) is 0 Å². The van der Waals surface area contributed by atoms with Gasteiger partial charge in [-0.05, 0) is 31.2 Å². The summed E-state index contributed by atoms with van der Waals surface area (Å²) >= 11 is 0. The van der Waals surface area contributed by atoms with E-state index in [2.05, 4.69) is 24.4 Å². The molecule has 1 N–H and O–H groups in total. The zero-order chi connectivity index (χ0) is 18.2. The second-order valence-corrected chi connectivity index (χ2v) is 6.53. The van der Waals surface area contributed by atoms with Gasteiger partial charge in [0, 0.05) is 16.6 Å². The van der Waals surface area contributed by atoms with Crippen LogP contribution in [0.3, 0.4) is 0 Å². The number of nitrogens with one attached hydrogen (secondary N) is 1. The number of rotatable bonds is 3. The molecule has 0 spiro atoms. The third kappa shape index (κ3) is 2.81. The van der Waals surface area contributed by atoms with Crippen molar-refractivity contribution >= 4 is 33.7 Å². The van der Waals surface area contributed by atoms with Crippen LogP contribution in [-0.4, -0.2) is 9.97 Å². The van der Waals surface area contributed by atoms with Gasteiger partial charge < -0.3 is 9.73 Å². The van der Waals surface area contributed by atoms with Gasteiger partial charge >= 0.3 is 0 Å². The van der Waals surface area contributed by atoms with Crippen LogP contribution in [0.1, 0.15) is 5.56 Å². The number of hydrogen-bond acceptors (Lipinski definition) is 4. The summed E-state index contributed by atoms with van der Waals surface area (Å²) in [4.78, 5) is 9.52. The number of para-hydroxylation sites is 1. The zero-order valence-electron chi connectivity index (χ0n) is 14.8. The SMILES string of the molecule is Cc1ccc(Nc2nc(-c3ccccc3)c3oc4ccccc4c3n2)cc1. The molecule has 130 valence electrons. The van der Waals surface area contributed by atoms with Gasteiger partial charge in [0.2, 0.25) is 5.95 Å². The molecule has 0 saturated heterocycles. The highest BCUT2D eigenvalue weighted by molar-refractivity contribution is 6.06. The van der Waals surface area contributed by atoms with E-state index < -0.39 is 0 Å². The second-order valence-electron chi connectivity index (χ2n) is 6.53. The van der Waals surface area contributed by atoms with E-state index in [1.165, 1.54) is 5.56 Å². The summed E-state index contributed by atoms with van der Waals surface area (Å²) in [5.41, 5.74) is 6.27. The lowest BCUT2D eigenvalue weighted by Crippen LogP contribution is -1.99. The highest BCUT2D eigenvalue weighted by Crippen LogP contribution is 2.34. The van der Waals surface area contributed by atoms with Crippen molar-refractivity contribution in [2.75, 3.05) is 5.32 Å². The van der Waals surface area contributed by atoms with E-state index >= 15 is 0 Å². The summed E-state index contributed by atoms with van der Waals surface area (Å²) in [6.45, 7) is 2.07. The summed E-state index contributed by atoms with van der Waals surface area (Å²) in [5.74, 6) is 0.553. The molecule has 5 aromatic rings. The quantitative estimate of drug-likeness (QED) is 0.427. The van der Waals surface area contributed by atoms with Crippen LogP contribution in [0.5, 0.6) is 0 Å². The molecule has 4 nitrogen and oxygen atoms in total. The average Bonchev–Trinajstić information content (AvgIpc) is 3.09. The van der Waals surface area contributed by atoms with Crippen molar-refractivity contribution < 1.29 is 4.42 Å². The fraction of sp³-hybridized carbons (Fsp3) is 0.0435. The number of fused-ring (bicyclic) bond motifs is 3. The fourth-order valence-corrected chi connectivity index (χ4v) is 3.20. The molecular weight excluding hydrogens is 334 g/mol. The Morgan fingerprint density at radius 3 is 2.33 bits per heavy atom. The smallest absolute Gasteiger partial charge is 0.228 e. The van der Waals surface area contributed by atoms with Gasteiger partial charge in [0.05, 0.1) is 0 Å². The molecule has 0 unspecified atom stereocenters. The third-order valence-corrected chi connectivity index (χ3v) is 4.57. The Kier molecular flexibility index (Phi) is 3.61. The molecule has 0 amide bonds. The molecule has 3 aromatic carbocycles. The van der Waals surface area contributed by atoms with Crippen LogP contribution in [0.15, 0.2) is 83.3 Å². The molecule has 0 saturated carbocycles. The van der Waals surface area contributed by atoms with Gasteiger partial charge in [-0.2, -0.15) is 0 Å². The summed E-state index contributed by atoms with van der Waals surface area (Å²) in [6.07, 6.45) is 0. The van der Waals surface area contributed by atoms with Gasteiger partial charge in [0.15, 0.2) is 5.58 Å². The molecule has 0 atom stereocenters. The molecule has 0 aliphatic heterocycles. The minimum Gasteiger partial charge on any atom is -0.452 e. The molecule has 4 heteroatoms. The Morgan fingerprint density at radius 2 is 1.52 bits per heavy atom. The van der Waals surface area contributed by atoms with Crippen molar-refractivity contribution in [3.63, 3.8) is 0 Å². The van der Waals surface area contributed by atoms with Crippen LogP contribution >= 0.6 is 0 Å². The van der Waals surface area contributed by atoms with E-state index in [0.29, 0.717) is 11.5 Å². The Hall–Kier alpha value is -3.66. The Morgan fingerprint density at radius 1 is 0.778 bits per heavy atom. The summed E-state index contributed by atoms with van der Waals surface area (Å²) in [7, 11) is 0. The minimum absolute atomic E-state index is 0.553. The van der Waals surface area contributed by atoms with E-state index in [4.69, 9.17) is 14.4 Å². The average molecular weight is 351 g/mol. The number of aryl methyl sites for hydroxylation is 1. The summed E-state index contributed by atoms with van der Waals surface area (Å²) in [6, 6.07) is 26.2. The van der Waals surface area contributed by atoms with Crippen molar-refractivity contribution in [3.05, 3.63) is 84.4 Å². The maximum atomic E-state index is 6.11. The first-order valence-corrected chi connectivity index (χ1v) is 8.86. The third-order valence-electron chi connectivity index (χ3n) is 4.57. The molecule has 27 heavy (non-hydrogen) atoms. The number of nitrogens with zero attached hydrogens (tertiary/aromatic N) is 2. The first-order chi connectivity index (χ1) is 13.3. The fourth-order valence-electron chi connectivity index (χ4n) is 3.20. The minimum atomic E-state index is 0.553. The summed E-state index contributed by atoms with van der Waals surface area (Å²) < 4.78 is 6.11. The Bertz CT molecular complexity index is 1240. The molecule has 0 radical (unpaired) electrons. The topological polar surface area (TPSA) is 51.0 Å². The molecule has 0 aliphatic rings. The molecule has 0 fully saturated rings. The van der Waals surface area contributed by atoms with Crippen LogP contribution in [-0.2, 0) is 0 Å². The van der Waals surface area contributed by atoms with Crippen LogP contribution in [0.4, 0.5) is 11.6 Å². The molecule has 0 bridgehead atoms. The lowest BCUT2D eigenvalue weighted by atomic mass is 10.1. The number of anilines is 2. The molecule has 2 heterocycles. The van der Waals surface area contributed by atoms with E-state index in [-0.39, 0.29) is 0 Å². The van der Waals surface area contributed by atoms with Crippen LogP contribution in [0, 0.1) is 6.92 Å². The van der Waals surface area contributed by atoms with Gasteiger partial charge in [-0.3, -0.25) is 0 Å². The molecule has 0 aliphatic carbocycles. The van der Waals surface area contributed by atoms with Gasteiger partial charge in [0.1, 0.15) is 16.8 Å². The lowest BCUT2D eigenvalue weighted by Gasteiger charge is -2.08. The van der Waals surface area contributed by atoms with Crippen molar-refractivity contribution in [1.29, 1.82) is 0 Å². The van der Waals surface area contributed by atoms with Crippen molar-refractivity contribution in [3.8, 4) is 11.3 Å². The number of hydrogen-bond donors (Lipinski definition) is 1. The highest BCUT2D eigenvalue weighted by atomic mass is 16.3. The first kappa shape index (κ1) is 15.6. The van der Waals surface area contributed by atoms with Crippen molar-refractivity contribution in [2.24, 2.45) is 0 Å². The summed E-state index contributed by atoms with van der Waals surface area (Å²) in [5, 5.41) is 4.31. The standard InChI is InChI=1S/C23H17N3O/c1-15-11-13-17(14-12-15)24-23-25-20(16-7-3-2-4-8-16)22-21(26-23)18-9-5-6-10-19(18)27-22/h2-14H,1H3,(H,24,25,26). The van der Waals surface area contributed by atoms with Crippen LogP contribution < -0.4 is 5.32 Å². The predicted octanol–water partition coefficient (Wildman–Crippen LogP) is 6.10. The van der Waals surface area contributed by atoms with E-state index in [9.17, 15) is 0 Å². The van der Waals surface area contributed by atoms with E-state index in [1.807, 2.05) is 66.7 Å². The van der Waals surface area contributed by atoms with Gasteiger partial charge in [-0.1, -0.05) is 60.2 Å². The van der Waals surface area contributed by atoms with Crippen LogP contribution in [0.25, 0.3) is 33.3 Å². The largest absolute Gasteiger partial charge is 0.452 e. The van der Waals surface area contributed by atoms with Gasteiger partial charge in [-0.15, -0.1) is 0 Å². The Labute approximate surface area is 156 Å². The van der Waals surface area contributed by atoms with E-state index in [0.717, 1.165) is 33.4 Å². The van der Waals surface area contributed by atoms with Gasteiger partial charge in [0.25, 0.3) is 0 Å². The van der Waals surface area contributed by atoms with Crippen molar-refractivity contribution in [1.82, 2.24) is 9.97 Å². The number of furan rings is 1. The normalized spacial score (nSPS) is 11.1. The Balaban J connectivity index is 1.74. The first-order valence-electron chi connectivity index (χ1n) is 8.86. The highest BCUT2D eigenvalue weighted by Gasteiger charge is 2.17. The maximum Gasteiger partial charge on any atom is 0.228 e. The monoisotopic (exact) mass is 351 g/mol. The maximum absolute atomic E-state index is 6.11.